The van der Waals surface area contributed by atoms with Crippen LogP contribution in [0.2, 0.25) is 0 Å². The normalized spacial score (nSPS) is 46.2. The summed E-state index contributed by atoms with van der Waals surface area (Å²) in [5.74, 6) is 0.977. The van der Waals surface area contributed by atoms with E-state index in [0.29, 0.717) is 17.8 Å². The first-order chi connectivity index (χ1) is 8.32. The SMILES string of the molecule is C[C@@H]1CC[C@@H]([C@@H](C)C(=O)O)[C@H]2CC(C)(O)CC[C@H]21. The van der Waals surface area contributed by atoms with Crippen molar-refractivity contribution in [2.45, 2.75) is 58.5 Å². The minimum Gasteiger partial charge on any atom is -0.481 e. The van der Waals surface area contributed by atoms with Gasteiger partial charge < -0.3 is 10.2 Å². The van der Waals surface area contributed by atoms with Gasteiger partial charge >= 0.3 is 5.97 Å². The Hall–Kier alpha value is -0.570. The first-order valence-electron chi connectivity index (χ1n) is 7.27. The van der Waals surface area contributed by atoms with E-state index in [4.69, 9.17) is 0 Å². The smallest absolute Gasteiger partial charge is 0.306 e. The fourth-order valence-corrected chi connectivity index (χ4v) is 4.32. The molecule has 0 aromatic carbocycles. The molecule has 2 saturated carbocycles. The van der Waals surface area contributed by atoms with Crippen LogP contribution in [0.4, 0.5) is 0 Å². The third-order valence-corrected chi connectivity index (χ3v) is 5.51. The number of carboxylic acid groups (broad SMARTS) is 1. The number of carboxylic acids is 1. The van der Waals surface area contributed by atoms with E-state index in [0.717, 1.165) is 32.1 Å². The number of hydrogen-bond donors (Lipinski definition) is 2. The average molecular weight is 254 g/mol. The number of aliphatic hydroxyl groups is 1. The van der Waals surface area contributed by atoms with Gasteiger partial charge in [0.15, 0.2) is 0 Å². The van der Waals surface area contributed by atoms with E-state index in [1.165, 1.54) is 0 Å². The maximum Gasteiger partial charge on any atom is 0.306 e. The van der Waals surface area contributed by atoms with Gasteiger partial charge in [-0.15, -0.1) is 0 Å². The molecule has 6 atom stereocenters. The number of aliphatic carboxylic acids is 1. The summed E-state index contributed by atoms with van der Waals surface area (Å²) in [7, 11) is 0. The van der Waals surface area contributed by atoms with Crippen LogP contribution >= 0.6 is 0 Å². The van der Waals surface area contributed by atoms with Crippen LogP contribution in [-0.4, -0.2) is 21.8 Å². The van der Waals surface area contributed by atoms with Crippen molar-refractivity contribution in [3.63, 3.8) is 0 Å². The molecule has 0 aromatic rings. The fourth-order valence-electron chi connectivity index (χ4n) is 4.32. The highest BCUT2D eigenvalue weighted by Gasteiger charge is 2.47. The van der Waals surface area contributed by atoms with Crippen LogP contribution in [0.5, 0.6) is 0 Å². The van der Waals surface area contributed by atoms with Crippen LogP contribution < -0.4 is 0 Å². The molecular formula is C15H26O3. The van der Waals surface area contributed by atoms with Crippen LogP contribution in [0.25, 0.3) is 0 Å². The number of hydrogen-bond acceptors (Lipinski definition) is 2. The minimum absolute atomic E-state index is 0.246. The molecule has 0 radical (unpaired) electrons. The lowest BCUT2D eigenvalue weighted by molar-refractivity contribution is -0.147. The Morgan fingerprint density at radius 1 is 1.28 bits per heavy atom. The van der Waals surface area contributed by atoms with Crippen molar-refractivity contribution in [1.29, 1.82) is 0 Å². The van der Waals surface area contributed by atoms with E-state index < -0.39 is 11.6 Å². The summed E-state index contributed by atoms with van der Waals surface area (Å²) in [5, 5.41) is 19.5. The Morgan fingerprint density at radius 3 is 2.56 bits per heavy atom. The molecule has 3 heteroatoms. The van der Waals surface area contributed by atoms with Crippen molar-refractivity contribution in [3.8, 4) is 0 Å². The number of rotatable bonds is 2. The summed E-state index contributed by atoms with van der Waals surface area (Å²) >= 11 is 0. The van der Waals surface area contributed by atoms with E-state index in [1.54, 1.807) is 0 Å². The standard InChI is InChI=1S/C15H26O3/c1-9-4-5-12(10(2)14(16)17)13-8-15(3,18)7-6-11(9)13/h9-13,18H,4-8H2,1-3H3,(H,16,17)/t9-,10-,11+,12+,13+,15?/m1/s1. The molecule has 1 unspecified atom stereocenters. The van der Waals surface area contributed by atoms with Crippen LogP contribution in [-0.2, 0) is 4.79 Å². The van der Waals surface area contributed by atoms with Gasteiger partial charge in [0.05, 0.1) is 11.5 Å². The lowest BCUT2D eigenvalue weighted by atomic mass is 9.56. The van der Waals surface area contributed by atoms with Crippen molar-refractivity contribution < 1.29 is 15.0 Å². The molecule has 0 spiro atoms. The van der Waals surface area contributed by atoms with Gasteiger partial charge in [-0.3, -0.25) is 4.79 Å². The van der Waals surface area contributed by atoms with Gasteiger partial charge in [0.1, 0.15) is 0 Å². The van der Waals surface area contributed by atoms with Crippen molar-refractivity contribution in [2.24, 2.45) is 29.6 Å². The molecule has 0 heterocycles. The summed E-state index contributed by atoms with van der Waals surface area (Å²) in [6, 6.07) is 0. The summed E-state index contributed by atoms with van der Waals surface area (Å²) in [4.78, 5) is 11.3. The lowest BCUT2D eigenvalue weighted by Crippen LogP contribution is -2.46. The van der Waals surface area contributed by atoms with Gasteiger partial charge in [-0.1, -0.05) is 20.3 Å². The third-order valence-electron chi connectivity index (χ3n) is 5.51. The predicted molar refractivity (Wildman–Crippen MR) is 70.1 cm³/mol. The monoisotopic (exact) mass is 254 g/mol. The first kappa shape index (κ1) is 13.9. The maximum absolute atomic E-state index is 11.3. The zero-order valence-electron chi connectivity index (χ0n) is 11.7. The average Bonchev–Trinajstić information content (AvgIpc) is 2.27. The number of carbonyl (C=O) groups is 1. The largest absolute Gasteiger partial charge is 0.481 e. The molecule has 0 aliphatic heterocycles. The summed E-state index contributed by atoms with van der Waals surface area (Å²) in [6.07, 6.45) is 4.86. The fraction of sp³-hybridized carbons (Fsp3) is 0.933. The molecule has 2 fully saturated rings. The molecule has 104 valence electrons. The van der Waals surface area contributed by atoms with E-state index in [-0.39, 0.29) is 11.8 Å². The first-order valence-corrected chi connectivity index (χ1v) is 7.27. The molecule has 0 saturated heterocycles. The van der Waals surface area contributed by atoms with Crippen LogP contribution in [0.1, 0.15) is 52.9 Å². The highest BCUT2D eigenvalue weighted by atomic mass is 16.4. The Morgan fingerprint density at radius 2 is 1.94 bits per heavy atom. The van der Waals surface area contributed by atoms with Crippen LogP contribution in [0.3, 0.4) is 0 Å². The Balaban J connectivity index is 2.19. The van der Waals surface area contributed by atoms with Crippen molar-refractivity contribution in [2.75, 3.05) is 0 Å². The molecule has 2 aliphatic carbocycles. The van der Waals surface area contributed by atoms with E-state index in [2.05, 4.69) is 6.92 Å². The molecule has 2 N–H and O–H groups in total. The molecule has 2 aliphatic rings. The Labute approximate surface area is 110 Å². The van der Waals surface area contributed by atoms with E-state index in [9.17, 15) is 15.0 Å². The van der Waals surface area contributed by atoms with Gasteiger partial charge in [-0.25, -0.2) is 0 Å². The second-order valence-corrected chi connectivity index (χ2v) is 6.91. The molecule has 18 heavy (non-hydrogen) atoms. The summed E-state index contributed by atoms with van der Waals surface area (Å²) in [5.41, 5.74) is -0.589. The topological polar surface area (TPSA) is 57.5 Å². The van der Waals surface area contributed by atoms with Crippen LogP contribution in [0.15, 0.2) is 0 Å². The zero-order valence-corrected chi connectivity index (χ0v) is 11.7. The second kappa shape index (κ2) is 4.84. The lowest BCUT2D eigenvalue weighted by Gasteiger charge is -2.50. The van der Waals surface area contributed by atoms with Crippen LogP contribution in [0, 0.1) is 29.6 Å². The molecule has 0 bridgehead atoms. The van der Waals surface area contributed by atoms with Crippen molar-refractivity contribution in [3.05, 3.63) is 0 Å². The highest BCUT2D eigenvalue weighted by molar-refractivity contribution is 5.69. The minimum atomic E-state index is -0.682. The molecule has 2 rings (SSSR count). The summed E-state index contributed by atoms with van der Waals surface area (Å²) < 4.78 is 0. The van der Waals surface area contributed by atoms with E-state index in [1.807, 2.05) is 13.8 Å². The van der Waals surface area contributed by atoms with Gasteiger partial charge in [0.25, 0.3) is 0 Å². The summed E-state index contributed by atoms with van der Waals surface area (Å²) in [6.45, 7) is 6.04. The molecular weight excluding hydrogens is 228 g/mol. The maximum atomic E-state index is 11.3. The molecule has 0 amide bonds. The van der Waals surface area contributed by atoms with Gasteiger partial charge in [0, 0.05) is 0 Å². The molecule has 3 nitrogen and oxygen atoms in total. The highest BCUT2D eigenvalue weighted by Crippen LogP contribution is 2.51. The van der Waals surface area contributed by atoms with Gasteiger partial charge in [0.2, 0.25) is 0 Å². The predicted octanol–water partition coefficient (Wildman–Crippen LogP) is 2.92. The zero-order chi connectivity index (χ0) is 13.5. The van der Waals surface area contributed by atoms with Gasteiger partial charge in [-0.2, -0.15) is 0 Å². The van der Waals surface area contributed by atoms with Crippen molar-refractivity contribution in [1.82, 2.24) is 0 Å². The second-order valence-electron chi connectivity index (χ2n) is 6.91. The number of fused-ring (bicyclic) bond motifs is 1. The molecule has 0 aromatic heterocycles. The third kappa shape index (κ3) is 2.56. The van der Waals surface area contributed by atoms with Gasteiger partial charge in [-0.05, 0) is 56.3 Å². The van der Waals surface area contributed by atoms with Crippen molar-refractivity contribution >= 4 is 5.97 Å². The quantitative estimate of drug-likeness (QED) is 0.796. The Kier molecular flexibility index (Phi) is 3.72. The Bertz CT molecular complexity index is 324. The van der Waals surface area contributed by atoms with E-state index >= 15 is 0 Å².